The van der Waals surface area contributed by atoms with Gasteiger partial charge in [-0.15, -0.1) is 0 Å². The molecule has 0 bridgehead atoms. The summed E-state index contributed by atoms with van der Waals surface area (Å²) < 4.78 is 7.37. The molecule has 0 fully saturated rings. The summed E-state index contributed by atoms with van der Waals surface area (Å²) in [5.41, 5.74) is 1.06. The Morgan fingerprint density at radius 1 is 1.33 bits per heavy atom. The Hall–Kier alpha value is -1.51. The fourth-order valence-corrected chi connectivity index (χ4v) is 1.72. The molecular weight excluding hydrogens is 188 g/mol. The lowest BCUT2D eigenvalue weighted by molar-refractivity contribution is 0.417. The number of imidazole rings is 1. The second-order valence-electron chi connectivity index (χ2n) is 4.66. The topological polar surface area (TPSA) is 26.5 Å². The van der Waals surface area contributed by atoms with Crippen molar-refractivity contribution in [3.63, 3.8) is 0 Å². The smallest absolute Gasteiger partial charge is 0.144 e. The zero-order valence-corrected chi connectivity index (χ0v) is 9.61. The quantitative estimate of drug-likeness (QED) is 0.714. The molecular formula is C12H16N2O. The summed E-state index contributed by atoms with van der Waals surface area (Å²) in [5, 5.41) is 0. The van der Waals surface area contributed by atoms with Crippen LogP contribution in [0.15, 0.2) is 24.5 Å². The van der Waals surface area contributed by atoms with E-state index < -0.39 is 0 Å². The minimum Gasteiger partial charge on any atom is -0.494 e. The normalized spacial score (nSPS) is 12.0. The fraction of sp³-hybridized carbons (Fsp3) is 0.417. The zero-order chi connectivity index (χ0) is 11.1. The third kappa shape index (κ3) is 1.58. The molecule has 0 radical (unpaired) electrons. The maximum absolute atomic E-state index is 5.29. The molecule has 0 unspecified atom stereocenters. The van der Waals surface area contributed by atoms with Crippen LogP contribution >= 0.6 is 0 Å². The van der Waals surface area contributed by atoms with Gasteiger partial charge in [0, 0.05) is 11.6 Å². The van der Waals surface area contributed by atoms with Crippen LogP contribution in [0, 0.1) is 0 Å². The second-order valence-corrected chi connectivity index (χ2v) is 4.66. The molecule has 0 aliphatic rings. The van der Waals surface area contributed by atoms with Crippen molar-refractivity contribution in [1.82, 2.24) is 9.38 Å². The molecule has 0 saturated carbocycles. The Morgan fingerprint density at radius 2 is 2.07 bits per heavy atom. The number of methoxy groups -OCH3 is 1. The number of nitrogens with zero attached hydrogens (tertiary/aromatic N) is 2. The molecule has 80 valence electrons. The lowest BCUT2D eigenvalue weighted by Crippen LogP contribution is -2.15. The molecule has 0 N–H and O–H groups in total. The van der Waals surface area contributed by atoms with Gasteiger partial charge in [0.1, 0.15) is 17.1 Å². The summed E-state index contributed by atoms with van der Waals surface area (Å²) in [7, 11) is 1.68. The summed E-state index contributed by atoms with van der Waals surface area (Å²) in [4.78, 5) is 4.46. The number of hydrogen-bond donors (Lipinski definition) is 0. The second kappa shape index (κ2) is 3.26. The Morgan fingerprint density at radius 3 is 2.67 bits per heavy atom. The highest BCUT2D eigenvalue weighted by Gasteiger charge is 2.20. The monoisotopic (exact) mass is 204 g/mol. The third-order valence-corrected chi connectivity index (χ3v) is 2.42. The minimum atomic E-state index is 0.0405. The maximum atomic E-state index is 5.29. The first-order valence-corrected chi connectivity index (χ1v) is 5.04. The van der Waals surface area contributed by atoms with Crippen molar-refractivity contribution in [1.29, 1.82) is 0 Å². The van der Waals surface area contributed by atoms with E-state index in [9.17, 15) is 0 Å². The molecule has 2 rings (SSSR count). The summed E-state index contributed by atoms with van der Waals surface area (Å²) in [6.45, 7) is 6.46. The van der Waals surface area contributed by atoms with E-state index in [2.05, 4.69) is 30.2 Å². The molecule has 3 heteroatoms. The summed E-state index contributed by atoms with van der Waals surface area (Å²) in [5.74, 6) is 1.91. The molecule has 2 aromatic rings. The zero-order valence-electron chi connectivity index (χ0n) is 9.61. The van der Waals surface area contributed by atoms with Crippen LogP contribution in [0.25, 0.3) is 5.52 Å². The average Bonchev–Trinajstić information content (AvgIpc) is 2.59. The van der Waals surface area contributed by atoms with Crippen molar-refractivity contribution in [2.24, 2.45) is 0 Å². The van der Waals surface area contributed by atoms with Crippen molar-refractivity contribution < 1.29 is 4.74 Å². The van der Waals surface area contributed by atoms with E-state index in [1.165, 1.54) is 0 Å². The summed E-state index contributed by atoms with van der Waals surface area (Å²) in [6, 6.07) is 3.92. The van der Waals surface area contributed by atoms with Gasteiger partial charge in [-0.05, 0) is 12.1 Å². The third-order valence-electron chi connectivity index (χ3n) is 2.42. The van der Waals surface area contributed by atoms with Crippen molar-refractivity contribution in [3.05, 3.63) is 30.4 Å². The van der Waals surface area contributed by atoms with Gasteiger partial charge in [-0.3, -0.25) is 0 Å². The number of pyridine rings is 1. The van der Waals surface area contributed by atoms with Crippen LogP contribution in [0.2, 0.25) is 0 Å². The molecule has 0 aromatic carbocycles. The first-order valence-electron chi connectivity index (χ1n) is 5.04. The Labute approximate surface area is 89.7 Å². The Bertz CT molecular complexity index is 480. The first-order chi connectivity index (χ1) is 7.04. The van der Waals surface area contributed by atoms with Gasteiger partial charge in [-0.2, -0.15) is 0 Å². The summed E-state index contributed by atoms with van der Waals surface area (Å²) >= 11 is 0. The van der Waals surface area contributed by atoms with Crippen molar-refractivity contribution in [2.45, 2.75) is 26.2 Å². The largest absolute Gasteiger partial charge is 0.494 e. The number of ether oxygens (including phenoxy) is 1. The molecule has 15 heavy (non-hydrogen) atoms. The van der Waals surface area contributed by atoms with E-state index in [1.54, 1.807) is 7.11 Å². The van der Waals surface area contributed by atoms with Gasteiger partial charge in [0.25, 0.3) is 0 Å². The molecule has 2 heterocycles. The number of rotatable bonds is 1. The van der Waals surface area contributed by atoms with Crippen LogP contribution in [0.3, 0.4) is 0 Å². The van der Waals surface area contributed by atoms with Gasteiger partial charge < -0.3 is 9.14 Å². The molecule has 0 aliphatic heterocycles. The van der Waals surface area contributed by atoms with Crippen molar-refractivity contribution in [2.75, 3.05) is 7.11 Å². The van der Waals surface area contributed by atoms with Crippen LogP contribution in [0.5, 0.6) is 5.75 Å². The van der Waals surface area contributed by atoms with Crippen LogP contribution in [-0.4, -0.2) is 16.5 Å². The average molecular weight is 204 g/mol. The fourth-order valence-electron chi connectivity index (χ4n) is 1.72. The number of hydrogen-bond acceptors (Lipinski definition) is 2. The molecule has 0 spiro atoms. The Balaban J connectivity index is 2.72. The van der Waals surface area contributed by atoms with Gasteiger partial charge in [-0.25, -0.2) is 4.98 Å². The highest BCUT2D eigenvalue weighted by atomic mass is 16.5. The van der Waals surface area contributed by atoms with Gasteiger partial charge in [-0.1, -0.05) is 20.8 Å². The van der Waals surface area contributed by atoms with Gasteiger partial charge >= 0.3 is 0 Å². The van der Waals surface area contributed by atoms with Crippen LogP contribution in [0.4, 0.5) is 0 Å². The van der Waals surface area contributed by atoms with Crippen LogP contribution in [0.1, 0.15) is 26.6 Å². The van der Waals surface area contributed by atoms with E-state index in [0.717, 1.165) is 17.1 Å². The van der Waals surface area contributed by atoms with Gasteiger partial charge in [0.05, 0.1) is 13.3 Å². The van der Waals surface area contributed by atoms with Crippen molar-refractivity contribution >= 4 is 5.52 Å². The molecule has 0 atom stereocenters. The standard InChI is InChI=1S/C12H16N2O/c1-12(2,3)11-13-8-9-10(15-4)6-5-7-14(9)11/h5-8H,1-4H3. The van der Waals surface area contributed by atoms with Gasteiger partial charge in [0.2, 0.25) is 0 Å². The number of fused-ring (bicyclic) bond motifs is 1. The van der Waals surface area contributed by atoms with Crippen LogP contribution in [-0.2, 0) is 5.41 Å². The molecule has 2 aromatic heterocycles. The predicted molar refractivity (Wildman–Crippen MR) is 60.4 cm³/mol. The highest BCUT2D eigenvalue weighted by Crippen LogP contribution is 2.26. The Kier molecular flexibility index (Phi) is 2.18. The summed E-state index contributed by atoms with van der Waals surface area (Å²) in [6.07, 6.45) is 3.88. The van der Waals surface area contributed by atoms with Crippen LogP contribution < -0.4 is 4.74 Å². The van der Waals surface area contributed by atoms with Crippen molar-refractivity contribution in [3.8, 4) is 5.75 Å². The number of aromatic nitrogens is 2. The lowest BCUT2D eigenvalue weighted by atomic mass is 9.96. The van der Waals surface area contributed by atoms with E-state index in [-0.39, 0.29) is 5.41 Å². The highest BCUT2D eigenvalue weighted by molar-refractivity contribution is 5.59. The molecule has 3 nitrogen and oxygen atoms in total. The first kappa shape index (κ1) is 10.0. The van der Waals surface area contributed by atoms with E-state index in [1.807, 2.05) is 24.5 Å². The predicted octanol–water partition coefficient (Wildman–Crippen LogP) is 2.64. The van der Waals surface area contributed by atoms with Gasteiger partial charge in [0.15, 0.2) is 0 Å². The minimum absolute atomic E-state index is 0.0405. The van der Waals surface area contributed by atoms with E-state index in [0.29, 0.717) is 0 Å². The van der Waals surface area contributed by atoms with E-state index in [4.69, 9.17) is 4.74 Å². The molecule has 0 saturated heterocycles. The SMILES string of the molecule is COc1cccn2c(C(C)(C)C)ncc12. The van der Waals surface area contributed by atoms with E-state index >= 15 is 0 Å². The molecule has 0 amide bonds. The lowest BCUT2D eigenvalue weighted by Gasteiger charge is -2.16. The maximum Gasteiger partial charge on any atom is 0.144 e. The molecule has 0 aliphatic carbocycles.